The summed E-state index contributed by atoms with van der Waals surface area (Å²) in [6, 6.07) is 5.37. The van der Waals surface area contributed by atoms with Crippen molar-refractivity contribution in [2.45, 2.75) is 18.9 Å². The van der Waals surface area contributed by atoms with Crippen molar-refractivity contribution in [1.82, 2.24) is 4.90 Å². The second-order valence-electron chi connectivity index (χ2n) is 6.32. The van der Waals surface area contributed by atoms with Crippen molar-refractivity contribution in [3.8, 4) is 11.5 Å². The average Bonchev–Trinajstić information content (AvgIpc) is 3.44. The summed E-state index contributed by atoms with van der Waals surface area (Å²) in [5.74, 6) is 1.87. The van der Waals surface area contributed by atoms with Gasteiger partial charge in [0.25, 0.3) is 5.91 Å². The Morgan fingerprint density at radius 3 is 2.83 bits per heavy atom. The van der Waals surface area contributed by atoms with Gasteiger partial charge in [0, 0.05) is 26.3 Å². The van der Waals surface area contributed by atoms with E-state index in [1.165, 1.54) is 12.8 Å². The second kappa shape index (κ2) is 7.85. The van der Waals surface area contributed by atoms with Crippen molar-refractivity contribution in [3.63, 3.8) is 0 Å². The van der Waals surface area contributed by atoms with Crippen LogP contribution in [0.3, 0.4) is 0 Å². The maximum absolute atomic E-state index is 12.9. The largest absolute Gasteiger partial charge is 0.497 e. The van der Waals surface area contributed by atoms with E-state index in [4.69, 9.17) is 18.9 Å². The normalized spacial score (nSPS) is 20.8. The summed E-state index contributed by atoms with van der Waals surface area (Å²) >= 11 is 0. The smallest absolute Gasteiger partial charge is 0.257 e. The summed E-state index contributed by atoms with van der Waals surface area (Å²) < 4.78 is 21.9. The van der Waals surface area contributed by atoms with Gasteiger partial charge in [-0.05, 0) is 30.9 Å². The van der Waals surface area contributed by atoms with Crippen LogP contribution in [0.4, 0.5) is 0 Å². The van der Waals surface area contributed by atoms with E-state index in [9.17, 15) is 4.79 Å². The maximum Gasteiger partial charge on any atom is 0.257 e. The summed E-state index contributed by atoms with van der Waals surface area (Å²) in [4.78, 5) is 14.7. The van der Waals surface area contributed by atoms with Crippen LogP contribution in [0, 0.1) is 5.92 Å². The van der Waals surface area contributed by atoms with Crippen LogP contribution in [-0.2, 0) is 9.47 Å². The van der Waals surface area contributed by atoms with Gasteiger partial charge in [0.05, 0.1) is 38.6 Å². The molecule has 2 aliphatic rings. The summed E-state index contributed by atoms with van der Waals surface area (Å²) in [6.07, 6.45) is 2.33. The molecule has 6 heteroatoms. The molecule has 0 N–H and O–H groups in total. The third-order valence-electron chi connectivity index (χ3n) is 4.37. The first-order valence-corrected chi connectivity index (χ1v) is 8.42. The molecule has 1 aliphatic carbocycles. The number of methoxy groups -OCH3 is 2. The Labute approximate surface area is 142 Å². The Morgan fingerprint density at radius 2 is 2.12 bits per heavy atom. The Balaban J connectivity index is 1.74. The SMILES string of the molecule is COCC1CN(C(=O)c2ccc(OC)cc2OCC2CC2)CCO1. The monoisotopic (exact) mass is 335 g/mol. The van der Waals surface area contributed by atoms with E-state index in [1.807, 2.05) is 0 Å². The number of nitrogens with zero attached hydrogens (tertiary/aromatic N) is 1. The minimum atomic E-state index is -0.0817. The van der Waals surface area contributed by atoms with Crippen molar-refractivity contribution >= 4 is 5.91 Å². The Morgan fingerprint density at radius 1 is 1.29 bits per heavy atom. The van der Waals surface area contributed by atoms with E-state index >= 15 is 0 Å². The molecule has 1 aromatic carbocycles. The van der Waals surface area contributed by atoms with Crippen molar-refractivity contribution < 1.29 is 23.7 Å². The number of hydrogen-bond acceptors (Lipinski definition) is 5. The lowest BCUT2D eigenvalue weighted by Gasteiger charge is -2.33. The van der Waals surface area contributed by atoms with Gasteiger partial charge in [-0.3, -0.25) is 4.79 Å². The number of rotatable bonds is 7. The van der Waals surface area contributed by atoms with E-state index < -0.39 is 0 Å². The van der Waals surface area contributed by atoms with Crippen LogP contribution in [0.15, 0.2) is 18.2 Å². The molecular formula is C18H25NO5. The summed E-state index contributed by atoms with van der Waals surface area (Å²) in [5, 5.41) is 0. The highest BCUT2D eigenvalue weighted by atomic mass is 16.5. The van der Waals surface area contributed by atoms with Gasteiger partial charge in [-0.2, -0.15) is 0 Å². The van der Waals surface area contributed by atoms with Crippen molar-refractivity contribution in [2.75, 3.05) is 47.1 Å². The van der Waals surface area contributed by atoms with Crippen LogP contribution in [-0.4, -0.2) is 64.0 Å². The van der Waals surface area contributed by atoms with Crippen LogP contribution >= 0.6 is 0 Å². The summed E-state index contributed by atoms with van der Waals surface area (Å²) in [5.41, 5.74) is 0.578. The van der Waals surface area contributed by atoms with Crippen LogP contribution in [0.2, 0.25) is 0 Å². The number of amides is 1. The highest BCUT2D eigenvalue weighted by Crippen LogP contribution is 2.32. The average molecular weight is 335 g/mol. The quantitative estimate of drug-likeness (QED) is 0.762. The molecule has 1 saturated heterocycles. The number of carbonyl (C=O) groups is 1. The number of carbonyl (C=O) groups excluding carboxylic acids is 1. The van der Waals surface area contributed by atoms with E-state index in [-0.39, 0.29) is 12.0 Å². The topological polar surface area (TPSA) is 57.2 Å². The molecule has 3 rings (SSSR count). The van der Waals surface area contributed by atoms with Gasteiger partial charge >= 0.3 is 0 Å². The van der Waals surface area contributed by atoms with Gasteiger partial charge in [-0.15, -0.1) is 0 Å². The first kappa shape index (κ1) is 17.0. The fraction of sp³-hybridized carbons (Fsp3) is 0.611. The fourth-order valence-corrected chi connectivity index (χ4v) is 2.78. The molecule has 0 radical (unpaired) electrons. The van der Waals surface area contributed by atoms with E-state index in [2.05, 4.69) is 0 Å². The van der Waals surface area contributed by atoms with Gasteiger partial charge in [0.1, 0.15) is 11.5 Å². The minimum Gasteiger partial charge on any atom is -0.497 e. The Hall–Kier alpha value is -1.79. The van der Waals surface area contributed by atoms with E-state index in [0.717, 1.165) is 0 Å². The van der Waals surface area contributed by atoms with Crippen LogP contribution < -0.4 is 9.47 Å². The van der Waals surface area contributed by atoms with Gasteiger partial charge in [-0.25, -0.2) is 0 Å². The lowest BCUT2D eigenvalue weighted by atomic mass is 10.1. The standard InChI is InChI=1S/C18H25NO5/c1-21-12-15-10-19(7-8-23-15)18(20)16-6-5-14(22-2)9-17(16)24-11-13-3-4-13/h5-6,9,13,15H,3-4,7-8,10-12H2,1-2H3. The fourth-order valence-electron chi connectivity index (χ4n) is 2.78. The molecule has 0 spiro atoms. The highest BCUT2D eigenvalue weighted by molar-refractivity contribution is 5.97. The first-order valence-electron chi connectivity index (χ1n) is 8.42. The predicted molar refractivity (Wildman–Crippen MR) is 88.7 cm³/mol. The molecule has 1 unspecified atom stereocenters. The Bertz CT molecular complexity index is 571. The molecule has 1 amide bonds. The molecule has 24 heavy (non-hydrogen) atoms. The van der Waals surface area contributed by atoms with Crippen molar-refractivity contribution in [1.29, 1.82) is 0 Å². The molecule has 0 aromatic heterocycles. The van der Waals surface area contributed by atoms with Gasteiger partial charge in [-0.1, -0.05) is 0 Å². The zero-order valence-corrected chi connectivity index (χ0v) is 14.3. The molecule has 1 atom stereocenters. The van der Waals surface area contributed by atoms with Gasteiger partial charge in [0.2, 0.25) is 0 Å². The second-order valence-corrected chi connectivity index (χ2v) is 6.32. The highest BCUT2D eigenvalue weighted by Gasteiger charge is 2.28. The lowest BCUT2D eigenvalue weighted by Crippen LogP contribution is -2.47. The lowest BCUT2D eigenvalue weighted by molar-refractivity contribution is -0.0531. The summed E-state index contributed by atoms with van der Waals surface area (Å²) in [7, 11) is 3.25. The maximum atomic E-state index is 12.9. The number of hydrogen-bond donors (Lipinski definition) is 0. The molecule has 132 valence electrons. The van der Waals surface area contributed by atoms with Gasteiger partial charge in [0.15, 0.2) is 0 Å². The molecule has 1 aromatic rings. The minimum absolute atomic E-state index is 0.0344. The Kier molecular flexibility index (Phi) is 5.58. The van der Waals surface area contributed by atoms with Crippen molar-refractivity contribution in [2.24, 2.45) is 5.92 Å². The summed E-state index contributed by atoms with van der Waals surface area (Å²) in [6.45, 7) is 2.77. The third kappa shape index (κ3) is 4.19. The van der Waals surface area contributed by atoms with Crippen molar-refractivity contribution in [3.05, 3.63) is 23.8 Å². The molecule has 6 nitrogen and oxygen atoms in total. The van der Waals surface area contributed by atoms with E-state index in [1.54, 1.807) is 37.3 Å². The molecular weight excluding hydrogens is 310 g/mol. The molecule has 0 bridgehead atoms. The predicted octanol–water partition coefficient (Wildman–Crippen LogP) is 1.97. The zero-order chi connectivity index (χ0) is 16.9. The molecule has 1 saturated carbocycles. The van der Waals surface area contributed by atoms with Crippen LogP contribution in [0.1, 0.15) is 23.2 Å². The third-order valence-corrected chi connectivity index (χ3v) is 4.37. The van der Waals surface area contributed by atoms with Gasteiger partial charge < -0.3 is 23.8 Å². The number of benzene rings is 1. The zero-order valence-electron chi connectivity index (χ0n) is 14.3. The number of ether oxygens (including phenoxy) is 4. The molecule has 1 heterocycles. The molecule has 1 aliphatic heterocycles. The van der Waals surface area contributed by atoms with Crippen LogP contribution in [0.25, 0.3) is 0 Å². The van der Waals surface area contributed by atoms with E-state index in [0.29, 0.717) is 55.9 Å². The molecule has 2 fully saturated rings. The number of morpholine rings is 1. The van der Waals surface area contributed by atoms with Crippen LogP contribution in [0.5, 0.6) is 11.5 Å². The first-order chi connectivity index (χ1) is 11.7.